The summed E-state index contributed by atoms with van der Waals surface area (Å²) in [5, 5.41) is 20.1. The largest absolute Gasteiger partial charge is 0.453 e. The van der Waals surface area contributed by atoms with Crippen molar-refractivity contribution in [1.82, 2.24) is 0 Å². The van der Waals surface area contributed by atoms with Crippen LogP contribution in [0.25, 0.3) is 0 Å². The minimum absolute atomic E-state index is 0.243. The van der Waals surface area contributed by atoms with Crippen molar-refractivity contribution in [3.05, 3.63) is 144 Å². The van der Waals surface area contributed by atoms with E-state index < -0.39 is 66.6 Å². The lowest BCUT2D eigenvalue weighted by Gasteiger charge is -2.50. The van der Waals surface area contributed by atoms with Gasteiger partial charge in [-0.3, -0.25) is 0 Å². The fourth-order valence-corrected chi connectivity index (χ4v) is 7.05. The second-order valence-corrected chi connectivity index (χ2v) is 14.7. The Morgan fingerprint density at radius 2 is 1.09 bits per heavy atom. The van der Waals surface area contributed by atoms with Crippen LogP contribution in [-0.2, 0) is 51.1 Å². The highest BCUT2D eigenvalue weighted by atomic mass is 16.7. The molecule has 12 heteroatoms. The predicted molar refractivity (Wildman–Crippen MR) is 208 cm³/mol. The molecule has 10 atom stereocenters. The SMILES string of the molecule is C[C@H]1OC(CO)[C@@H](O)[C@@H](OCc2ccccc2)C1OC(=O)c1ccccc1.C[C@H]1OC2COC(C)(C)O[C@H]2[C@@H](OCc2ccccc2)C1OC(=O)c1ccccc1. The first-order valence-electron chi connectivity index (χ1n) is 19.3. The Labute approximate surface area is 333 Å². The van der Waals surface area contributed by atoms with Gasteiger partial charge in [0.15, 0.2) is 18.0 Å². The summed E-state index contributed by atoms with van der Waals surface area (Å²) in [7, 11) is 0. The zero-order chi connectivity index (χ0) is 40.4. The first kappa shape index (κ1) is 42.1. The van der Waals surface area contributed by atoms with Crippen LogP contribution in [0, 0.1) is 0 Å². The van der Waals surface area contributed by atoms with Crippen LogP contribution >= 0.6 is 0 Å². The van der Waals surface area contributed by atoms with Crippen LogP contribution in [0.5, 0.6) is 0 Å². The van der Waals surface area contributed by atoms with Crippen molar-refractivity contribution < 1.29 is 57.7 Å². The summed E-state index contributed by atoms with van der Waals surface area (Å²) in [6.45, 7) is 8.01. The molecular formula is C45H52O12. The average Bonchev–Trinajstić information content (AvgIpc) is 3.23. The molecule has 0 aromatic heterocycles. The van der Waals surface area contributed by atoms with Gasteiger partial charge in [-0.25, -0.2) is 9.59 Å². The Balaban J connectivity index is 0.000000194. The van der Waals surface area contributed by atoms with E-state index in [9.17, 15) is 19.8 Å². The quantitative estimate of drug-likeness (QED) is 0.181. The molecule has 3 aliphatic heterocycles. The Hall–Kier alpha value is -4.50. The molecule has 3 aliphatic rings. The highest BCUT2D eigenvalue weighted by molar-refractivity contribution is 5.90. The van der Waals surface area contributed by atoms with Gasteiger partial charge in [0.25, 0.3) is 0 Å². The van der Waals surface area contributed by atoms with Crippen LogP contribution in [0.4, 0.5) is 0 Å². The molecule has 0 saturated carbocycles. The molecular weight excluding hydrogens is 732 g/mol. The Morgan fingerprint density at radius 1 is 0.649 bits per heavy atom. The van der Waals surface area contributed by atoms with Crippen LogP contribution in [0.2, 0.25) is 0 Å². The normalized spacial score (nSPS) is 29.2. The third kappa shape index (κ3) is 11.1. The Morgan fingerprint density at radius 3 is 1.58 bits per heavy atom. The van der Waals surface area contributed by atoms with Crippen molar-refractivity contribution in [2.75, 3.05) is 13.2 Å². The molecule has 4 aromatic carbocycles. The van der Waals surface area contributed by atoms with Gasteiger partial charge in [0.05, 0.1) is 49.8 Å². The summed E-state index contributed by atoms with van der Waals surface area (Å²) in [6, 6.07) is 37.0. The van der Waals surface area contributed by atoms with Crippen LogP contribution in [0.3, 0.4) is 0 Å². The van der Waals surface area contributed by atoms with Crippen molar-refractivity contribution in [3.63, 3.8) is 0 Å². The molecule has 7 rings (SSSR count). The summed E-state index contributed by atoms with van der Waals surface area (Å²) in [5.74, 6) is -1.69. The third-order valence-electron chi connectivity index (χ3n) is 10.0. The zero-order valence-corrected chi connectivity index (χ0v) is 32.6. The number of hydrogen-bond donors (Lipinski definition) is 2. The summed E-state index contributed by atoms with van der Waals surface area (Å²) in [5.41, 5.74) is 2.86. The highest BCUT2D eigenvalue weighted by Crippen LogP contribution is 2.36. The molecule has 2 N–H and O–H groups in total. The molecule has 3 saturated heterocycles. The fraction of sp³-hybridized carbons (Fsp3) is 0.422. The molecule has 12 nitrogen and oxygen atoms in total. The summed E-state index contributed by atoms with van der Waals surface area (Å²) in [6.07, 6.45) is -6.27. The van der Waals surface area contributed by atoms with Crippen LogP contribution in [0.1, 0.15) is 59.5 Å². The number of benzene rings is 4. The number of hydrogen-bond acceptors (Lipinski definition) is 12. The maximum Gasteiger partial charge on any atom is 0.338 e. The van der Waals surface area contributed by atoms with E-state index in [1.54, 1.807) is 55.5 Å². The molecule has 0 radical (unpaired) electrons. The van der Waals surface area contributed by atoms with Crippen molar-refractivity contribution in [3.8, 4) is 0 Å². The Kier molecular flexibility index (Phi) is 14.6. The van der Waals surface area contributed by atoms with E-state index in [1.807, 2.05) is 93.6 Å². The molecule has 304 valence electrons. The summed E-state index contributed by atoms with van der Waals surface area (Å²) >= 11 is 0. The summed E-state index contributed by atoms with van der Waals surface area (Å²) in [4.78, 5) is 25.2. The van der Waals surface area contributed by atoms with Gasteiger partial charge >= 0.3 is 11.9 Å². The lowest BCUT2D eigenvalue weighted by molar-refractivity contribution is -0.360. The van der Waals surface area contributed by atoms with E-state index in [4.69, 9.17) is 37.9 Å². The molecule has 0 aliphatic carbocycles. The third-order valence-corrected chi connectivity index (χ3v) is 10.0. The van der Waals surface area contributed by atoms with Gasteiger partial charge in [-0.05, 0) is 63.1 Å². The van der Waals surface area contributed by atoms with E-state index in [2.05, 4.69) is 0 Å². The number of ether oxygens (including phenoxy) is 8. The first-order valence-corrected chi connectivity index (χ1v) is 19.3. The Bertz CT molecular complexity index is 1830. The second kappa shape index (κ2) is 19.8. The molecule has 0 amide bonds. The van der Waals surface area contributed by atoms with Crippen molar-refractivity contribution in [2.24, 2.45) is 0 Å². The van der Waals surface area contributed by atoms with Crippen LogP contribution in [0.15, 0.2) is 121 Å². The first-order chi connectivity index (χ1) is 27.5. The standard InChI is InChI=1S/C24H28O6.C21H24O6/c1-16-20(29-23(25)18-12-8-5-9-13-18)22(26-14-17-10-6-4-7-11-17)21-19(28-16)15-27-24(2,3)30-21;1-14-19(27-21(24)16-10-6-3-7-11-16)20(18(23)17(12-22)26-14)25-13-15-8-4-2-5-9-15/h4-13,16,19-22H,14-15H2,1-3H3;2-11,14,17-20,22-23H,12-13H2,1H3/t16-,19?,20?,21-,22+;14-,17?,18-,19?,20-/m11/s1. The van der Waals surface area contributed by atoms with E-state index in [0.29, 0.717) is 24.3 Å². The van der Waals surface area contributed by atoms with Gasteiger partial charge < -0.3 is 48.1 Å². The zero-order valence-electron chi connectivity index (χ0n) is 32.6. The molecule has 3 heterocycles. The number of aliphatic hydroxyl groups is 2. The van der Waals surface area contributed by atoms with E-state index in [1.165, 1.54) is 0 Å². The summed E-state index contributed by atoms with van der Waals surface area (Å²) < 4.78 is 47.4. The van der Waals surface area contributed by atoms with Gasteiger partial charge in [0.1, 0.15) is 36.6 Å². The van der Waals surface area contributed by atoms with Crippen molar-refractivity contribution >= 4 is 11.9 Å². The van der Waals surface area contributed by atoms with E-state index in [0.717, 1.165) is 11.1 Å². The average molecular weight is 785 g/mol. The molecule has 57 heavy (non-hydrogen) atoms. The monoisotopic (exact) mass is 784 g/mol. The number of carbonyl (C=O) groups excluding carboxylic acids is 2. The minimum Gasteiger partial charge on any atom is -0.453 e. The lowest BCUT2D eigenvalue weighted by Crippen LogP contribution is -2.65. The fourth-order valence-electron chi connectivity index (χ4n) is 7.05. The number of rotatable bonds is 11. The van der Waals surface area contributed by atoms with Crippen LogP contribution in [-0.4, -0.2) is 102 Å². The van der Waals surface area contributed by atoms with Crippen molar-refractivity contribution in [1.29, 1.82) is 0 Å². The van der Waals surface area contributed by atoms with Gasteiger partial charge in [0, 0.05) is 0 Å². The molecule has 4 aromatic rings. The molecule has 4 unspecified atom stereocenters. The number of aliphatic hydroxyl groups excluding tert-OH is 2. The maximum absolute atomic E-state index is 12.8. The second-order valence-electron chi connectivity index (χ2n) is 14.7. The predicted octanol–water partition coefficient (Wildman–Crippen LogP) is 5.67. The van der Waals surface area contributed by atoms with E-state index >= 15 is 0 Å². The number of esters is 2. The van der Waals surface area contributed by atoms with Crippen molar-refractivity contribution in [2.45, 2.75) is 108 Å². The minimum atomic E-state index is -1.12. The van der Waals surface area contributed by atoms with Crippen LogP contribution < -0.4 is 0 Å². The molecule has 0 bridgehead atoms. The molecule has 3 fully saturated rings. The number of carbonyl (C=O) groups is 2. The topological polar surface area (TPSA) is 148 Å². The lowest BCUT2D eigenvalue weighted by atomic mass is 9.93. The van der Waals surface area contributed by atoms with Gasteiger partial charge in [-0.1, -0.05) is 97.1 Å². The van der Waals surface area contributed by atoms with Gasteiger partial charge in [-0.2, -0.15) is 0 Å². The van der Waals surface area contributed by atoms with Gasteiger partial charge in [-0.15, -0.1) is 0 Å². The maximum atomic E-state index is 12.8. The highest BCUT2D eigenvalue weighted by Gasteiger charge is 2.52. The molecule has 0 spiro atoms. The number of fused-ring (bicyclic) bond motifs is 1. The van der Waals surface area contributed by atoms with E-state index in [-0.39, 0.29) is 25.4 Å². The van der Waals surface area contributed by atoms with Gasteiger partial charge in [0.2, 0.25) is 0 Å². The smallest absolute Gasteiger partial charge is 0.338 e.